The fourth-order valence-corrected chi connectivity index (χ4v) is 2.14. The summed E-state index contributed by atoms with van der Waals surface area (Å²) in [6, 6.07) is 11.4. The molecule has 0 fully saturated rings. The lowest BCUT2D eigenvalue weighted by Crippen LogP contribution is -1.91. The molecule has 2 nitrogen and oxygen atoms in total. The summed E-state index contributed by atoms with van der Waals surface area (Å²) in [4.78, 5) is 10.7. The van der Waals surface area contributed by atoms with Gasteiger partial charge in [0.15, 0.2) is 0 Å². The van der Waals surface area contributed by atoms with Crippen LogP contribution in [0.4, 0.5) is 4.39 Å². The van der Waals surface area contributed by atoms with E-state index in [1.54, 1.807) is 43.3 Å². The lowest BCUT2D eigenvalue weighted by atomic mass is 9.99. The SMILES string of the molecule is C/C(=C\C(=O)O)c1ccc(Cl)c(-c2ccccc2F)c1. The van der Waals surface area contributed by atoms with Crippen LogP contribution in [0.5, 0.6) is 0 Å². The summed E-state index contributed by atoms with van der Waals surface area (Å²) in [5.74, 6) is -1.39. The van der Waals surface area contributed by atoms with Gasteiger partial charge in [0.1, 0.15) is 5.82 Å². The minimum Gasteiger partial charge on any atom is -0.478 e. The van der Waals surface area contributed by atoms with Gasteiger partial charge in [-0.2, -0.15) is 0 Å². The van der Waals surface area contributed by atoms with Crippen molar-refractivity contribution in [2.24, 2.45) is 0 Å². The summed E-state index contributed by atoms with van der Waals surface area (Å²) in [5, 5.41) is 9.19. The molecular formula is C16H12ClFO2. The molecule has 2 aromatic rings. The maximum Gasteiger partial charge on any atom is 0.328 e. The number of rotatable bonds is 3. The van der Waals surface area contributed by atoms with Gasteiger partial charge in [-0.3, -0.25) is 0 Å². The quantitative estimate of drug-likeness (QED) is 0.837. The Hall–Kier alpha value is -2.13. The second kappa shape index (κ2) is 5.88. The Labute approximate surface area is 121 Å². The average molecular weight is 291 g/mol. The van der Waals surface area contributed by atoms with Gasteiger partial charge in [0.25, 0.3) is 0 Å². The van der Waals surface area contributed by atoms with E-state index in [0.717, 1.165) is 6.08 Å². The topological polar surface area (TPSA) is 37.3 Å². The molecule has 0 amide bonds. The van der Waals surface area contributed by atoms with E-state index in [9.17, 15) is 9.18 Å². The van der Waals surface area contributed by atoms with Gasteiger partial charge in [0.2, 0.25) is 0 Å². The van der Waals surface area contributed by atoms with Crippen molar-refractivity contribution in [1.29, 1.82) is 0 Å². The van der Waals surface area contributed by atoms with E-state index in [-0.39, 0.29) is 5.82 Å². The Morgan fingerprint density at radius 3 is 2.55 bits per heavy atom. The first-order valence-electron chi connectivity index (χ1n) is 5.95. The monoisotopic (exact) mass is 290 g/mol. The fraction of sp³-hybridized carbons (Fsp3) is 0.0625. The van der Waals surface area contributed by atoms with Gasteiger partial charge in [-0.15, -0.1) is 0 Å². The molecule has 0 aliphatic carbocycles. The molecule has 0 atom stereocenters. The van der Waals surface area contributed by atoms with Gasteiger partial charge in [-0.1, -0.05) is 35.9 Å². The third-order valence-electron chi connectivity index (χ3n) is 2.93. The van der Waals surface area contributed by atoms with E-state index in [0.29, 0.717) is 27.3 Å². The van der Waals surface area contributed by atoms with E-state index in [2.05, 4.69) is 0 Å². The maximum absolute atomic E-state index is 13.8. The number of allylic oxidation sites excluding steroid dienone is 1. The van der Waals surface area contributed by atoms with Gasteiger partial charge >= 0.3 is 5.97 Å². The first kappa shape index (κ1) is 14.3. The summed E-state index contributed by atoms with van der Waals surface area (Å²) in [5.41, 5.74) is 2.20. The van der Waals surface area contributed by atoms with Crippen molar-refractivity contribution in [3.05, 3.63) is 64.9 Å². The first-order chi connectivity index (χ1) is 9.49. The van der Waals surface area contributed by atoms with Crippen LogP contribution in [-0.2, 0) is 4.79 Å². The van der Waals surface area contributed by atoms with Gasteiger partial charge in [0, 0.05) is 22.2 Å². The fourth-order valence-electron chi connectivity index (χ4n) is 1.93. The van der Waals surface area contributed by atoms with Crippen molar-refractivity contribution in [3.63, 3.8) is 0 Å². The van der Waals surface area contributed by atoms with Crippen LogP contribution in [0, 0.1) is 5.82 Å². The van der Waals surface area contributed by atoms with Crippen LogP contribution in [0.1, 0.15) is 12.5 Å². The van der Waals surface area contributed by atoms with Crippen LogP contribution >= 0.6 is 11.6 Å². The molecule has 1 N–H and O–H groups in total. The molecule has 20 heavy (non-hydrogen) atoms. The number of carboxylic acid groups (broad SMARTS) is 1. The minimum atomic E-state index is -1.02. The van der Waals surface area contributed by atoms with Crippen molar-refractivity contribution < 1.29 is 14.3 Å². The third kappa shape index (κ3) is 3.06. The Balaban J connectivity index is 2.56. The first-order valence-corrected chi connectivity index (χ1v) is 6.33. The van der Waals surface area contributed by atoms with E-state index in [4.69, 9.17) is 16.7 Å². The number of hydrogen-bond acceptors (Lipinski definition) is 1. The van der Waals surface area contributed by atoms with Crippen molar-refractivity contribution in [2.75, 3.05) is 0 Å². The average Bonchev–Trinajstić information content (AvgIpc) is 2.39. The molecule has 2 aromatic carbocycles. The molecule has 0 aliphatic heterocycles. The number of benzene rings is 2. The van der Waals surface area contributed by atoms with Crippen LogP contribution in [-0.4, -0.2) is 11.1 Å². The molecule has 0 aliphatic rings. The molecule has 0 saturated heterocycles. The normalized spacial score (nSPS) is 11.4. The molecule has 102 valence electrons. The Morgan fingerprint density at radius 1 is 1.20 bits per heavy atom. The van der Waals surface area contributed by atoms with E-state index < -0.39 is 5.97 Å². The van der Waals surface area contributed by atoms with Gasteiger partial charge in [0.05, 0.1) is 0 Å². The van der Waals surface area contributed by atoms with Crippen LogP contribution in [0.25, 0.3) is 16.7 Å². The predicted octanol–water partition coefficient (Wildman–Crippen LogP) is 4.63. The lowest BCUT2D eigenvalue weighted by molar-refractivity contribution is -0.131. The summed E-state index contributed by atoms with van der Waals surface area (Å²) in [6.45, 7) is 1.68. The maximum atomic E-state index is 13.8. The zero-order valence-electron chi connectivity index (χ0n) is 10.7. The minimum absolute atomic E-state index is 0.369. The van der Waals surface area contributed by atoms with Gasteiger partial charge in [-0.05, 0) is 36.3 Å². The van der Waals surface area contributed by atoms with Crippen LogP contribution in [0.2, 0.25) is 5.02 Å². The van der Waals surface area contributed by atoms with Crippen molar-refractivity contribution in [2.45, 2.75) is 6.92 Å². The van der Waals surface area contributed by atoms with Crippen LogP contribution in [0.15, 0.2) is 48.5 Å². The Bertz CT molecular complexity index is 693. The molecule has 2 rings (SSSR count). The highest BCUT2D eigenvalue weighted by Gasteiger charge is 2.10. The lowest BCUT2D eigenvalue weighted by Gasteiger charge is -2.09. The number of hydrogen-bond donors (Lipinski definition) is 1. The van der Waals surface area contributed by atoms with Crippen LogP contribution < -0.4 is 0 Å². The summed E-state index contributed by atoms with van der Waals surface area (Å²) in [7, 11) is 0. The Morgan fingerprint density at radius 2 is 1.90 bits per heavy atom. The second-order valence-electron chi connectivity index (χ2n) is 4.34. The van der Waals surface area contributed by atoms with E-state index in [1.165, 1.54) is 6.07 Å². The molecule has 0 saturated carbocycles. The van der Waals surface area contributed by atoms with Crippen LogP contribution in [0.3, 0.4) is 0 Å². The smallest absolute Gasteiger partial charge is 0.328 e. The molecule has 0 spiro atoms. The number of carboxylic acids is 1. The molecule has 4 heteroatoms. The summed E-state index contributed by atoms with van der Waals surface area (Å²) in [6.07, 6.45) is 1.11. The van der Waals surface area contributed by atoms with E-state index in [1.807, 2.05) is 0 Å². The van der Waals surface area contributed by atoms with Crippen molar-refractivity contribution in [3.8, 4) is 11.1 Å². The highest BCUT2D eigenvalue weighted by atomic mass is 35.5. The third-order valence-corrected chi connectivity index (χ3v) is 3.26. The van der Waals surface area contributed by atoms with E-state index >= 15 is 0 Å². The predicted molar refractivity (Wildman–Crippen MR) is 78.1 cm³/mol. The number of halogens is 2. The standard InChI is InChI=1S/C16H12ClFO2/c1-10(8-16(19)20)11-6-7-14(17)13(9-11)12-4-2-3-5-15(12)18/h2-9H,1H3,(H,19,20)/b10-8+. The van der Waals surface area contributed by atoms with Crippen molar-refractivity contribution in [1.82, 2.24) is 0 Å². The molecule has 0 bridgehead atoms. The highest BCUT2D eigenvalue weighted by Crippen LogP contribution is 2.32. The van der Waals surface area contributed by atoms with Gasteiger partial charge in [-0.25, -0.2) is 9.18 Å². The molecular weight excluding hydrogens is 279 g/mol. The van der Waals surface area contributed by atoms with Crippen molar-refractivity contribution >= 4 is 23.1 Å². The Kier molecular flexibility index (Phi) is 4.20. The van der Waals surface area contributed by atoms with Gasteiger partial charge < -0.3 is 5.11 Å². The molecule has 0 aromatic heterocycles. The second-order valence-corrected chi connectivity index (χ2v) is 4.75. The largest absolute Gasteiger partial charge is 0.478 e. The molecule has 0 heterocycles. The number of carbonyl (C=O) groups is 1. The summed E-state index contributed by atoms with van der Waals surface area (Å²) >= 11 is 6.11. The summed E-state index contributed by atoms with van der Waals surface area (Å²) < 4.78 is 13.8. The number of aliphatic carboxylic acids is 1. The molecule has 0 radical (unpaired) electrons. The zero-order chi connectivity index (χ0) is 14.7. The molecule has 0 unspecified atom stereocenters. The highest BCUT2D eigenvalue weighted by molar-refractivity contribution is 6.33. The zero-order valence-corrected chi connectivity index (χ0v) is 11.5.